The number of para-hydroxylation sites is 1. The van der Waals surface area contributed by atoms with E-state index in [-0.39, 0.29) is 0 Å². The van der Waals surface area contributed by atoms with Gasteiger partial charge in [0.25, 0.3) is 0 Å². The number of rotatable bonds is 4. The van der Waals surface area contributed by atoms with Crippen LogP contribution in [0.25, 0.3) is 67.6 Å². The third kappa shape index (κ3) is 4.66. The molecule has 2 aliphatic carbocycles. The van der Waals surface area contributed by atoms with Gasteiger partial charge in [-0.1, -0.05) is 91.1 Å². The summed E-state index contributed by atoms with van der Waals surface area (Å²) in [6.07, 6.45) is 15.8. The number of nitrogens with zero attached hydrogens (tertiary/aromatic N) is 4. The molecule has 7 aromatic rings. The van der Waals surface area contributed by atoms with Crippen LogP contribution in [0.2, 0.25) is 0 Å². The van der Waals surface area contributed by atoms with Gasteiger partial charge in [0.15, 0.2) is 0 Å². The third-order valence-electron chi connectivity index (χ3n) is 9.91. The lowest BCUT2D eigenvalue weighted by Crippen LogP contribution is -2.05. The Morgan fingerprint density at radius 2 is 1.33 bits per heavy atom. The Hall–Kier alpha value is -6.62. The highest BCUT2D eigenvalue weighted by Gasteiger charge is 2.22. The number of benzene rings is 5. The summed E-state index contributed by atoms with van der Waals surface area (Å²) in [5.41, 5.74) is 15.0. The van der Waals surface area contributed by atoms with Crippen molar-refractivity contribution in [3.63, 3.8) is 0 Å². The van der Waals surface area contributed by atoms with Crippen LogP contribution in [-0.2, 0) is 12.8 Å². The Morgan fingerprint density at radius 3 is 2.20 bits per heavy atom. The smallest absolute Gasteiger partial charge is 0.0991 e. The second-order valence-corrected chi connectivity index (χ2v) is 12.7. The molecule has 230 valence electrons. The van der Waals surface area contributed by atoms with Gasteiger partial charge in [-0.2, -0.15) is 10.5 Å². The SMILES string of the molecule is N#Cc1ccc(-n2c3c(c4cc(C#N)ccc42)C=CCC3)c(-c2ccc(-c3cccc(-n4c5c(c6ccccc64)C=CC=CC5)c3)cc2)c1. The van der Waals surface area contributed by atoms with Gasteiger partial charge < -0.3 is 9.13 Å². The van der Waals surface area contributed by atoms with Crippen LogP contribution in [0, 0.1) is 22.7 Å². The summed E-state index contributed by atoms with van der Waals surface area (Å²) in [5, 5.41) is 21.9. The lowest BCUT2D eigenvalue weighted by atomic mass is 9.97. The molecular weight excluding hydrogens is 597 g/mol. The van der Waals surface area contributed by atoms with Crippen LogP contribution in [-0.4, -0.2) is 9.13 Å². The fraction of sp³-hybridized carbons (Fsp3) is 0.0667. The molecule has 0 atom stereocenters. The van der Waals surface area contributed by atoms with E-state index in [1.165, 1.54) is 33.4 Å². The Labute approximate surface area is 285 Å². The van der Waals surface area contributed by atoms with Crippen molar-refractivity contribution in [3.8, 4) is 45.8 Å². The number of nitriles is 2. The largest absolute Gasteiger partial charge is 0.313 e. The third-order valence-corrected chi connectivity index (χ3v) is 9.91. The molecule has 4 heteroatoms. The van der Waals surface area contributed by atoms with Gasteiger partial charge in [0.2, 0.25) is 0 Å². The summed E-state index contributed by atoms with van der Waals surface area (Å²) in [5.74, 6) is 0. The lowest BCUT2D eigenvalue weighted by molar-refractivity contribution is 0.889. The molecule has 0 fully saturated rings. The van der Waals surface area contributed by atoms with Crippen LogP contribution in [0.1, 0.15) is 40.1 Å². The number of fused-ring (bicyclic) bond motifs is 6. The molecule has 0 N–H and O–H groups in total. The molecule has 0 aliphatic heterocycles. The second kappa shape index (κ2) is 11.6. The minimum atomic E-state index is 0.621. The van der Waals surface area contributed by atoms with E-state index in [9.17, 15) is 10.5 Å². The van der Waals surface area contributed by atoms with Crippen molar-refractivity contribution >= 4 is 34.0 Å². The zero-order chi connectivity index (χ0) is 32.9. The quantitative estimate of drug-likeness (QED) is 0.195. The molecule has 0 saturated carbocycles. The molecule has 49 heavy (non-hydrogen) atoms. The molecule has 2 aliphatic rings. The van der Waals surface area contributed by atoms with E-state index in [0.29, 0.717) is 11.1 Å². The van der Waals surface area contributed by atoms with Gasteiger partial charge >= 0.3 is 0 Å². The van der Waals surface area contributed by atoms with Crippen molar-refractivity contribution in [3.05, 3.63) is 167 Å². The topological polar surface area (TPSA) is 57.4 Å². The molecule has 0 radical (unpaired) electrons. The molecule has 0 spiro atoms. The van der Waals surface area contributed by atoms with E-state index < -0.39 is 0 Å². The minimum Gasteiger partial charge on any atom is -0.313 e. The fourth-order valence-electron chi connectivity index (χ4n) is 7.67. The lowest BCUT2D eigenvalue weighted by Gasteiger charge is -2.18. The predicted molar refractivity (Wildman–Crippen MR) is 200 cm³/mol. The average Bonchev–Trinajstić information content (AvgIpc) is 3.54. The normalized spacial score (nSPS) is 13.2. The standard InChI is InChI=1S/C45H30N4/c46-28-30-17-23-44(49-43-16-7-5-13-38(43)40-26-31(29-47)18-24-45(40)49)39(25-30)33-21-19-32(20-22-33)34-9-8-10-35(27-34)48-41-14-3-1-2-11-36(41)37-12-4-6-15-42(37)48/h1-6,8-13,15,17-27H,7,14,16H2. The number of hydrogen-bond donors (Lipinski definition) is 0. The van der Waals surface area contributed by atoms with Gasteiger partial charge in [-0.3, -0.25) is 0 Å². The van der Waals surface area contributed by atoms with Crippen LogP contribution >= 0.6 is 0 Å². The molecule has 0 saturated heterocycles. The summed E-state index contributed by atoms with van der Waals surface area (Å²) in [4.78, 5) is 0. The minimum absolute atomic E-state index is 0.621. The number of hydrogen-bond acceptors (Lipinski definition) is 2. The van der Waals surface area contributed by atoms with Gasteiger partial charge in [-0.05, 0) is 84.1 Å². The molecule has 9 rings (SSSR count). The maximum absolute atomic E-state index is 9.90. The van der Waals surface area contributed by atoms with Crippen LogP contribution in [0.15, 0.2) is 133 Å². The Kier molecular flexibility index (Phi) is 6.75. The highest BCUT2D eigenvalue weighted by molar-refractivity contribution is 5.96. The Morgan fingerprint density at radius 1 is 0.551 bits per heavy atom. The molecular formula is C45H30N4. The number of aromatic nitrogens is 2. The van der Waals surface area contributed by atoms with Crippen molar-refractivity contribution < 1.29 is 0 Å². The van der Waals surface area contributed by atoms with Gasteiger partial charge in [0, 0.05) is 51.0 Å². The monoisotopic (exact) mass is 626 g/mol. The van der Waals surface area contributed by atoms with Crippen molar-refractivity contribution in [1.29, 1.82) is 10.5 Å². The highest BCUT2D eigenvalue weighted by atomic mass is 15.0. The molecule has 0 bridgehead atoms. The summed E-state index contributed by atoms with van der Waals surface area (Å²) in [7, 11) is 0. The van der Waals surface area contributed by atoms with E-state index in [1.807, 2.05) is 24.3 Å². The van der Waals surface area contributed by atoms with Gasteiger partial charge in [-0.15, -0.1) is 0 Å². The first-order chi connectivity index (χ1) is 24.2. The first-order valence-electron chi connectivity index (χ1n) is 16.7. The molecule has 2 heterocycles. The van der Waals surface area contributed by atoms with Gasteiger partial charge in [0.05, 0.1) is 40.0 Å². The van der Waals surface area contributed by atoms with Crippen LogP contribution in [0.4, 0.5) is 0 Å². The molecule has 4 nitrogen and oxygen atoms in total. The maximum Gasteiger partial charge on any atom is 0.0991 e. The highest BCUT2D eigenvalue weighted by Crippen LogP contribution is 2.39. The Bertz CT molecular complexity index is 2640. The summed E-state index contributed by atoms with van der Waals surface area (Å²) in [6, 6.07) is 42.7. The van der Waals surface area contributed by atoms with Gasteiger partial charge in [0.1, 0.15) is 0 Å². The van der Waals surface area contributed by atoms with E-state index in [1.54, 1.807) is 0 Å². The van der Waals surface area contributed by atoms with Crippen molar-refractivity contribution in [2.24, 2.45) is 0 Å². The molecule has 5 aromatic carbocycles. The van der Waals surface area contributed by atoms with Crippen molar-refractivity contribution in [1.82, 2.24) is 9.13 Å². The summed E-state index contributed by atoms with van der Waals surface area (Å²) in [6.45, 7) is 0. The Balaban J connectivity index is 1.15. The van der Waals surface area contributed by atoms with Crippen LogP contribution < -0.4 is 0 Å². The molecule has 0 amide bonds. The molecule has 2 aromatic heterocycles. The number of allylic oxidation sites excluding steroid dienone is 4. The average molecular weight is 627 g/mol. The maximum atomic E-state index is 9.90. The molecule has 0 unspecified atom stereocenters. The summed E-state index contributed by atoms with van der Waals surface area (Å²) >= 11 is 0. The first-order valence-corrected chi connectivity index (χ1v) is 16.7. The predicted octanol–water partition coefficient (Wildman–Crippen LogP) is 10.7. The second-order valence-electron chi connectivity index (χ2n) is 12.7. The first kappa shape index (κ1) is 28.6. The van der Waals surface area contributed by atoms with Crippen molar-refractivity contribution in [2.75, 3.05) is 0 Å². The van der Waals surface area contributed by atoms with E-state index >= 15 is 0 Å². The zero-order valence-electron chi connectivity index (χ0n) is 26.8. The van der Waals surface area contributed by atoms with Gasteiger partial charge in [-0.25, -0.2) is 0 Å². The van der Waals surface area contributed by atoms with E-state index in [0.717, 1.165) is 63.8 Å². The summed E-state index contributed by atoms with van der Waals surface area (Å²) < 4.78 is 4.73. The van der Waals surface area contributed by atoms with E-state index in [4.69, 9.17) is 0 Å². The fourth-order valence-corrected chi connectivity index (χ4v) is 7.67. The van der Waals surface area contributed by atoms with E-state index in [2.05, 4.69) is 143 Å². The van der Waals surface area contributed by atoms with Crippen LogP contribution in [0.3, 0.4) is 0 Å². The van der Waals surface area contributed by atoms with Crippen LogP contribution in [0.5, 0.6) is 0 Å². The zero-order valence-corrected chi connectivity index (χ0v) is 26.8. The van der Waals surface area contributed by atoms with Crippen molar-refractivity contribution in [2.45, 2.75) is 19.3 Å².